The number of hydrogen-bond donors (Lipinski definition) is 2. The van der Waals surface area contributed by atoms with Crippen LogP contribution in [0.25, 0.3) is 12.7 Å². The first kappa shape index (κ1) is 14.3. The van der Waals surface area contributed by atoms with Gasteiger partial charge in [-0.2, -0.15) is 0 Å². The third-order valence-corrected chi connectivity index (χ3v) is 3.85. The molecule has 0 radical (unpaired) electrons. The van der Waals surface area contributed by atoms with Crippen LogP contribution in [0.3, 0.4) is 0 Å². The van der Waals surface area contributed by atoms with Crippen molar-refractivity contribution >= 4 is 24.5 Å². The summed E-state index contributed by atoms with van der Waals surface area (Å²) in [5, 5.41) is 4.29. The van der Waals surface area contributed by atoms with Crippen LogP contribution in [0.1, 0.15) is 24.8 Å². The second-order valence-electron chi connectivity index (χ2n) is 5.49. The predicted molar refractivity (Wildman–Crippen MR) is 88.6 cm³/mol. The van der Waals surface area contributed by atoms with Crippen LogP contribution in [0.4, 0.5) is 5.95 Å². The fraction of sp³-hybridized carbons (Fsp3) is 0.222. The van der Waals surface area contributed by atoms with Crippen molar-refractivity contribution in [1.82, 2.24) is 9.97 Å². The molecule has 1 amide bonds. The van der Waals surface area contributed by atoms with Gasteiger partial charge in [-0.05, 0) is 30.9 Å². The van der Waals surface area contributed by atoms with Gasteiger partial charge in [-0.1, -0.05) is 49.1 Å². The lowest BCUT2D eigenvalue weighted by atomic mass is 10.1. The van der Waals surface area contributed by atoms with Gasteiger partial charge in [-0.3, -0.25) is 10.1 Å². The highest BCUT2D eigenvalue weighted by atomic mass is 16.2. The summed E-state index contributed by atoms with van der Waals surface area (Å²) in [5.74, 6) is 0.831. The van der Waals surface area contributed by atoms with Crippen LogP contribution in [-0.4, -0.2) is 15.9 Å². The molecule has 4 nitrogen and oxygen atoms in total. The van der Waals surface area contributed by atoms with E-state index in [1.165, 1.54) is 5.56 Å². The minimum absolute atomic E-state index is 0.0141. The molecule has 0 saturated heterocycles. The molecule has 1 aliphatic rings. The van der Waals surface area contributed by atoms with E-state index in [0.717, 1.165) is 11.8 Å². The van der Waals surface area contributed by atoms with E-state index in [0.29, 0.717) is 17.2 Å². The number of amides is 1. The minimum atomic E-state index is 0.0141. The lowest BCUT2D eigenvalue weighted by Crippen LogP contribution is -2.21. The summed E-state index contributed by atoms with van der Waals surface area (Å²) in [6, 6.07) is 10.1. The van der Waals surface area contributed by atoms with Gasteiger partial charge < -0.3 is 4.98 Å². The van der Waals surface area contributed by atoms with Gasteiger partial charge in [0, 0.05) is 5.92 Å². The van der Waals surface area contributed by atoms with Gasteiger partial charge in [-0.25, -0.2) is 4.98 Å². The van der Waals surface area contributed by atoms with Crippen LogP contribution >= 0.6 is 0 Å². The first-order valence-corrected chi connectivity index (χ1v) is 7.43. The molecule has 1 aromatic carbocycles. The third kappa shape index (κ3) is 3.01. The number of carbonyl (C=O) groups is 1. The maximum absolute atomic E-state index is 12.3. The fourth-order valence-electron chi connectivity index (χ4n) is 2.57. The van der Waals surface area contributed by atoms with Crippen molar-refractivity contribution in [2.75, 3.05) is 5.32 Å². The van der Waals surface area contributed by atoms with Crippen LogP contribution in [-0.2, 0) is 4.79 Å². The number of aromatic amines is 1. The van der Waals surface area contributed by atoms with Gasteiger partial charge in [-0.15, -0.1) is 0 Å². The zero-order valence-corrected chi connectivity index (χ0v) is 12.5. The van der Waals surface area contributed by atoms with Gasteiger partial charge in [0.25, 0.3) is 0 Å². The predicted octanol–water partition coefficient (Wildman–Crippen LogP) is 1.92. The molecule has 1 heterocycles. The Hall–Kier alpha value is -2.62. The Balaban J connectivity index is 1.68. The van der Waals surface area contributed by atoms with E-state index in [2.05, 4.69) is 34.0 Å². The van der Waals surface area contributed by atoms with Crippen molar-refractivity contribution < 1.29 is 4.79 Å². The summed E-state index contributed by atoms with van der Waals surface area (Å²) in [7, 11) is 0. The largest absolute Gasteiger partial charge is 0.324 e. The Kier molecular flexibility index (Phi) is 3.92. The molecule has 4 heteroatoms. The zero-order valence-electron chi connectivity index (χ0n) is 12.5. The summed E-state index contributed by atoms with van der Waals surface area (Å²) >= 11 is 0. The number of aromatic nitrogens is 2. The molecule has 2 atom stereocenters. The first-order chi connectivity index (χ1) is 10.7. The average molecular weight is 293 g/mol. The molecule has 0 bridgehead atoms. The number of hydrogen-bond acceptors (Lipinski definition) is 2. The van der Waals surface area contributed by atoms with Crippen molar-refractivity contribution in [3.05, 3.63) is 58.7 Å². The molecule has 1 fully saturated rings. The third-order valence-electron chi connectivity index (χ3n) is 3.85. The molecule has 3 rings (SSSR count). The number of benzene rings is 1. The Morgan fingerprint density at radius 3 is 2.91 bits per heavy atom. The Labute approximate surface area is 129 Å². The van der Waals surface area contributed by atoms with Crippen molar-refractivity contribution in [3.63, 3.8) is 0 Å². The molecule has 2 N–H and O–H groups in total. The Bertz CT molecular complexity index is 805. The highest BCUT2D eigenvalue weighted by Gasteiger charge is 2.43. The Morgan fingerprint density at radius 2 is 2.18 bits per heavy atom. The summed E-state index contributed by atoms with van der Waals surface area (Å²) in [4.78, 5) is 19.6. The van der Waals surface area contributed by atoms with Gasteiger partial charge in [0.1, 0.15) is 0 Å². The molecule has 112 valence electrons. The molecular weight excluding hydrogens is 274 g/mol. The number of H-pyrrole nitrogens is 1. The van der Waals surface area contributed by atoms with Gasteiger partial charge in [0.15, 0.2) is 0 Å². The number of nitrogens with zero attached hydrogens (tertiary/aromatic N) is 1. The van der Waals surface area contributed by atoms with Crippen molar-refractivity contribution in [2.24, 2.45) is 5.92 Å². The molecular formula is C18H19N3O. The lowest BCUT2D eigenvalue weighted by Gasteiger charge is -2.01. The first-order valence-electron chi connectivity index (χ1n) is 7.43. The minimum Gasteiger partial charge on any atom is -0.324 e. The summed E-state index contributed by atoms with van der Waals surface area (Å²) in [6.45, 7) is 5.83. The molecule has 22 heavy (non-hydrogen) atoms. The molecule has 1 aromatic heterocycles. The summed E-state index contributed by atoms with van der Waals surface area (Å²) < 4.78 is 0. The number of allylic oxidation sites excluding steroid dienone is 2. The monoisotopic (exact) mass is 293 g/mol. The number of imidazole rings is 1. The van der Waals surface area contributed by atoms with E-state index >= 15 is 0 Å². The molecule has 1 aliphatic carbocycles. The smallest absolute Gasteiger partial charge is 0.230 e. The quantitative estimate of drug-likeness (QED) is 0.905. The van der Waals surface area contributed by atoms with Crippen LogP contribution in [0.2, 0.25) is 0 Å². The molecule has 1 saturated carbocycles. The average Bonchev–Trinajstić information content (AvgIpc) is 3.26. The van der Waals surface area contributed by atoms with E-state index in [-0.39, 0.29) is 11.8 Å². The highest BCUT2D eigenvalue weighted by Crippen LogP contribution is 2.47. The normalized spacial score (nSPS) is 21.2. The van der Waals surface area contributed by atoms with Gasteiger partial charge in [0.05, 0.1) is 10.7 Å². The molecule has 0 aliphatic heterocycles. The van der Waals surface area contributed by atoms with Crippen LogP contribution in [0.5, 0.6) is 0 Å². The fourth-order valence-corrected chi connectivity index (χ4v) is 2.57. The van der Waals surface area contributed by atoms with Crippen molar-refractivity contribution in [3.8, 4) is 0 Å². The van der Waals surface area contributed by atoms with E-state index in [1.54, 1.807) is 0 Å². The van der Waals surface area contributed by atoms with Gasteiger partial charge >= 0.3 is 0 Å². The second-order valence-corrected chi connectivity index (χ2v) is 5.49. The van der Waals surface area contributed by atoms with E-state index in [9.17, 15) is 4.79 Å². The number of anilines is 1. The van der Waals surface area contributed by atoms with E-state index < -0.39 is 0 Å². The zero-order chi connectivity index (χ0) is 15.5. The van der Waals surface area contributed by atoms with E-state index in [1.807, 2.05) is 43.4 Å². The standard InChI is InChI=1S/C18H19N3O/c1-3-4-10-16-12(2)19-18(20-16)21-17(22)15-11-14(15)13-8-6-5-7-9-13/h3-10,14-15H,2,11H2,1H3,(H2,19,20,21,22)/b4-3-,16-10+. The molecule has 0 spiro atoms. The molecule has 2 unspecified atom stereocenters. The van der Waals surface area contributed by atoms with Crippen molar-refractivity contribution in [2.45, 2.75) is 19.3 Å². The summed E-state index contributed by atoms with van der Waals surface area (Å²) in [5.41, 5.74) is 1.22. The van der Waals surface area contributed by atoms with E-state index in [4.69, 9.17) is 0 Å². The number of rotatable bonds is 4. The molecule has 2 aromatic rings. The second kappa shape index (κ2) is 6.02. The summed E-state index contributed by atoms with van der Waals surface area (Å²) in [6.07, 6.45) is 6.56. The SMILES string of the molecule is C=c1[nH]c(NC(=O)C2CC2c2ccccc2)n/c1=C/C=C\C. The van der Waals surface area contributed by atoms with Crippen LogP contribution in [0, 0.1) is 5.92 Å². The Morgan fingerprint density at radius 1 is 1.41 bits per heavy atom. The van der Waals surface area contributed by atoms with Gasteiger partial charge in [0.2, 0.25) is 11.9 Å². The number of carbonyl (C=O) groups excluding carboxylic acids is 1. The topological polar surface area (TPSA) is 57.8 Å². The van der Waals surface area contributed by atoms with Crippen molar-refractivity contribution in [1.29, 1.82) is 0 Å². The maximum Gasteiger partial charge on any atom is 0.230 e. The highest BCUT2D eigenvalue weighted by molar-refractivity contribution is 5.93. The lowest BCUT2D eigenvalue weighted by molar-refractivity contribution is -0.117. The van der Waals surface area contributed by atoms with Crippen LogP contribution < -0.4 is 16.0 Å². The van der Waals surface area contributed by atoms with Crippen LogP contribution in [0.15, 0.2) is 42.5 Å². The maximum atomic E-state index is 12.3. The number of nitrogens with one attached hydrogen (secondary N) is 2.